The Balaban J connectivity index is 0.000000231. The van der Waals surface area contributed by atoms with E-state index in [2.05, 4.69) is 4.18 Å². The van der Waals surface area contributed by atoms with Crippen LogP contribution in [0.5, 0.6) is 0 Å². The molecule has 126 valence electrons. The first-order chi connectivity index (χ1) is 10.6. The van der Waals surface area contributed by atoms with E-state index in [0.29, 0.717) is 5.56 Å². The second-order valence-corrected chi connectivity index (χ2v) is 8.56. The standard InChI is InChI=1S/C7H6ClFO2S.C7H8O3S/c1-5-2-3-6(4-7(5)9)12(8,10)11;1-10-11(8,9)7-5-3-2-4-6-7/h2-4H,1H3;2-6H,1H3. The van der Waals surface area contributed by atoms with Gasteiger partial charge in [-0.3, -0.25) is 4.18 Å². The molecule has 0 aromatic heterocycles. The average Bonchev–Trinajstić information content (AvgIpc) is 2.50. The number of aryl methyl sites for hydroxylation is 1. The summed E-state index contributed by atoms with van der Waals surface area (Å²) in [5.74, 6) is -0.572. The second kappa shape index (κ2) is 7.87. The summed E-state index contributed by atoms with van der Waals surface area (Å²) in [5.41, 5.74) is 0.388. The average molecular weight is 381 g/mol. The smallest absolute Gasteiger partial charge is 0.270 e. The summed E-state index contributed by atoms with van der Waals surface area (Å²) in [6, 6.07) is 11.5. The third-order valence-corrected chi connectivity index (χ3v) is 5.32. The van der Waals surface area contributed by atoms with E-state index in [1.165, 1.54) is 24.3 Å². The van der Waals surface area contributed by atoms with E-state index >= 15 is 0 Å². The Morgan fingerprint density at radius 2 is 1.52 bits per heavy atom. The maximum absolute atomic E-state index is 12.8. The van der Waals surface area contributed by atoms with Gasteiger partial charge in [-0.15, -0.1) is 0 Å². The van der Waals surface area contributed by atoms with Crippen molar-refractivity contribution in [2.75, 3.05) is 7.11 Å². The third kappa shape index (κ3) is 5.91. The molecular weight excluding hydrogens is 367 g/mol. The van der Waals surface area contributed by atoms with Gasteiger partial charge in [-0.05, 0) is 36.8 Å². The number of rotatable bonds is 3. The van der Waals surface area contributed by atoms with Gasteiger partial charge < -0.3 is 0 Å². The van der Waals surface area contributed by atoms with Crippen molar-refractivity contribution in [3.63, 3.8) is 0 Å². The van der Waals surface area contributed by atoms with Crippen LogP contribution in [-0.2, 0) is 23.4 Å². The monoisotopic (exact) mass is 380 g/mol. The summed E-state index contributed by atoms with van der Waals surface area (Å²) in [6.45, 7) is 1.54. The van der Waals surface area contributed by atoms with Crippen LogP contribution in [0.15, 0.2) is 58.3 Å². The fourth-order valence-electron chi connectivity index (χ4n) is 1.41. The molecule has 0 aliphatic heterocycles. The molecule has 2 aromatic carbocycles. The van der Waals surface area contributed by atoms with E-state index in [9.17, 15) is 21.2 Å². The highest BCUT2D eigenvalue weighted by Gasteiger charge is 2.11. The minimum atomic E-state index is -3.81. The highest BCUT2D eigenvalue weighted by atomic mass is 35.7. The van der Waals surface area contributed by atoms with Crippen molar-refractivity contribution >= 4 is 29.9 Å². The SMILES string of the molecule is COS(=O)(=O)c1ccccc1.Cc1ccc(S(=O)(=O)Cl)cc1F. The lowest BCUT2D eigenvalue weighted by Gasteiger charge is -1.98. The first-order valence-corrected chi connectivity index (χ1v) is 9.86. The number of benzene rings is 2. The van der Waals surface area contributed by atoms with Crippen LogP contribution in [0.1, 0.15) is 5.56 Å². The van der Waals surface area contributed by atoms with Gasteiger partial charge in [0.15, 0.2) is 0 Å². The molecule has 0 spiro atoms. The summed E-state index contributed by atoms with van der Waals surface area (Å²) in [6.07, 6.45) is 0. The largest absolute Gasteiger partial charge is 0.296 e. The molecule has 0 unspecified atom stereocenters. The Morgan fingerprint density at radius 1 is 0.957 bits per heavy atom. The summed E-state index contributed by atoms with van der Waals surface area (Å²) >= 11 is 0. The maximum atomic E-state index is 12.8. The van der Waals surface area contributed by atoms with Crippen molar-refractivity contribution in [2.45, 2.75) is 16.7 Å². The summed E-state index contributed by atoms with van der Waals surface area (Å²) in [7, 11) is -1.18. The van der Waals surface area contributed by atoms with Crippen LogP contribution in [-0.4, -0.2) is 23.9 Å². The molecule has 2 aromatic rings. The first kappa shape index (κ1) is 19.6. The van der Waals surface area contributed by atoms with Crippen LogP contribution < -0.4 is 0 Å². The van der Waals surface area contributed by atoms with Crippen molar-refractivity contribution in [3.05, 3.63) is 59.9 Å². The topological polar surface area (TPSA) is 77.5 Å². The van der Waals surface area contributed by atoms with Crippen LogP contribution in [0.3, 0.4) is 0 Å². The van der Waals surface area contributed by atoms with Crippen LogP contribution >= 0.6 is 10.7 Å². The Bertz CT molecular complexity index is 865. The summed E-state index contributed by atoms with van der Waals surface area (Å²) in [5, 5.41) is 0. The van der Waals surface area contributed by atoms with Gasteiger partial charge in [0.1, 0.15) is 5.82 Å². The van der Waals surface area contributed by atoms with Crippen LogP contribution in [0.4, 0.5) is 4.39 Å². The van der Waals surface area contributed by atoms with Gasteiger partial charge in [0.25, 0.3) is 19.2 Å². The second-order valence-electron chi connectivity index (χ2n) is 4.28. The molecule has 0 fully saturated rings. The van der Waals surface area contributed by atoms with Crippen molar-refractivity contribution in [1.29, 1.82) is 0 Å². The molecule has 23 heavy (non-hydrogen) atoms. The number of hydrogen-bond acceptors (Lipinski definition) is 5. The summed E-state index contributed by atoms with van der Waals surface area (Å²) < 4.78 is 60.4. The predicted molar refractivity (Wildman–Crippen MR) is 84.8 cm³/mol. The highest BCUT2D eigenvalue weighted by molar-refractivity contribution is 8.13. The molecule has 0 radical (unpaired) electrons. The normalized spacial score (nSPS) is 11.5. The van der Waals surface area contributed by atoms with Gasteiger partial charge in [0, 0.05) is 10.7 Å². The molecule has 0 bridgehead atoms. The third-order valence-electron chi connectivity index (χ3n) is 2.68. The lowest BCUT2D eigenvalue weighted by atomic mass is 10.2. The fourth-order valence-corrected chi connectivity index (χ4v) is 2.85. The lowest BCUT2D eigenvalue weighted by Crippen LogP contribution is -2.01. The van der Waals surface area contributed by atoms with E-state index in [1.54, 1.807) is 25.1 Å². The fraction of sp³-hybridized carbons (Fsp3) is 0.143. The Morgan fingerprint density at radius 3 is 1.96 bits per heavy atom. The Labute approximate surface area is 139 Å². The molecule has 5 nitrogen and oxygen atoms in total. The van der Waals surface area contributed by atoms with Crippen molar-refractivity contribution in [2.24, 2.45) is 0 Å². The zero-order chi connectivity index (χ0) is 17.7. The Kier molecular flexibility index (Phi) is 6.69. The highest BCUT2D eigenvalue weighted by Crippen LogP contribution is 2.17. The molecule has 9 heteroatoms. The lowest BCUT2D eigenvalue weighted by molar-refractivity contribution is 0.398. The molecule has 0 saturated heterocycles. The number of hydrogen-bond donors (Lipinski definition) is 0. The van der Waals surface area contributed by atoms with Crippen molar-refractivity contribution in [1.82, 2.24) is 0 Å². The quantitative estimate of drug-likeness (QED) is 0.604. The minimum Gasteiger partial charge on any atom is -0.270 e. The zero-order valence-electron chi connectivity index (χ0n) is 12.2. The van der Waals surface area contributed by atoms with Gasteiger partial charge >= 0.3 is 0 Å². The molecule has 0 N–H and O–H groups in total. The van der Waals surface area contributed by atoms with Gasteiger partial charge in [0.05, 0.1) is 16.9 Å². The maximum Gasteiger partial charge on any atom is 0.296 e. The molecule has 0 aliphatic carbocycles. The zero-order valence-corrected chi connectivity index (χ0v) is 14.6. The van der Waals surface area contributed by atoms with Crippen molar-refractivity contribution in [3.8, 4) is 0 Å². The van der Waals surface area contributed by atoms with E-state index in [-0.39, 0.29) is 9.79 Å². The molecule has 0 aliphatic rings. The van der Waals surface area contributed by atoms with Crippen LogP contribution in [0, 0.1) is 12.7 Å². The molecule has 0 amide bonds. The van der Waals surface area contributed by atoms with Crippen molar-refractivity contribution < 1.29 is 25.4 Å². The summed E-state index contributed by atoms with van der Waals surface area (Å²) in [4.78, 5) is -0.0326. The predicted octanol–water partition coefficient (Wildman–Crippen LogP) is 3.08. The minimum absolute atomic E-state index is 0.183. The van der Waals surface area contributed by atoms with Gasteiger partial charge in [-0.2, -0.15) is 8.42 Å². The molecule has 0 atom stereocenters. The van der Waals surface area contributed by atoms with E-state index < -0.39 is 25.0 Å². The van der Waals surface area contributed by atoms with Crippen LogP contribution in [0.25, 0.3) is 0 Å². The van der Waals surface area contributed by atoms with Gasteiger partial charge in [-0.1, -0.05) is 24.3 Å². The van der Waals surface area contributed by atoms with E-state index in [1.807, 2.05) is 0 Å². The molecule has 0 heterocycles. The van der Waals surface area contributed by atoms with E-state index in [4.69, 9.17) is 10.7 Å². The molecule has 0 saturated carbocycles. The van der Waals surface area contributed by atoms with E-state index in [0.717, 1.165) is 13.2 Å². The van der Waals surface area contributed by atoms with Crippen LogP contribution in [0.2, 0.25) is 0 Å². The molecular formula is C14H14ClFO5S2. The van der Waals surface area contributed by atoms with Gasteiger partial charge in [0.2, 0.25) is 0 Å². The Hall–Kier alpha value is -1.48. The first-order valence-electron chi connectivity index (χ1n) is 6.14. The molecule has 2 rings (SSSR count). The van der Waals surface area contributed by atoms with Gasteiger partial charge in [-0.25, -0.2) is 12.8 Å². The number of halogens is 2.